The van der Waals surface area contributed by atoms with Crippen molar-refractivity contribution in [3.63, 3.8) is 0 Å². The number of nitrogens with zero attached hydrogens (tertiary/aromatic N) is 1. The molecule has 2 amide bonds. The second-order valence-electron chi connectivity index (χ2n) is 8.94. The van der Waals surface area contributed by atoms with E-state index in [0.717, 1.165) is 5.56 Å². The molecule has 0 aromatic heterocycles. The van der Waals surface area contributed by atoms with Crippen molar-refractivity contribution in [2.45, 2.75) is 56.9 Å². The van der Waals surface area contributed by atoms with Crippen LogP contribution >= 0.6 is 0 Å². The first-order valence-electron chi connectivity index (χ1n) is 11.1. The van der Waals surface area contributed by atoms with Gasteiger partial charge >= 0.3 is 0 Å². The van der Waals surface area contributed by atoms with Crippen LogP contribution in [0.25, 0.3) is 0 Å². The third-order valence-electron chi connectivity index (χ3n) is 6.87. The lowest BCUT2D eigenvalue weighted by molar-refractivity contribution is -0.129. The van der Waals surface area contributed by atoms with Gasteiger partial charge in [0, 0.05) is 19.2 Å². The number of hydrogen-bond donors (Lipinski definition) is 2. The molecule has 2 aromatic rings. The molecule has 0 radical (unpaired) electrons. The summed E-state index contributed by atoms with van der Waals surface area (Å²) in [6, 6.07) is 17.5. The highest BCUT2D eigenvalue weighted by molar-refractivity contribution is 6.24. The van der Waals surface area contributed by atoms with Crippen LogP contribution in [0.3, 0.4) is 0 Å². The molecule has 1 saturated carbocycles. The maximum atomic E-state index is 12.9. The van der Waals surface area contributed by atoms with Crippen molar-refractivity contribution in [2.75, 3.05) is 12.4 Å². The van der Waals surface area contributed by atoms with E-state index in [1.807, 2.05) is 42.5 Å². The van der Waals surface area contributed by atoms with Crippen molar-refractivity contribution < 1.29 is 14.7 Å². The van der Waals surface area contributed by atoms with Gasteiger partial charge in [0.15, 0.2) is 0 Å². The van der Waals surface area contributed by atoms with Gasteiger partial charge in [-0.05, 0) is 48.9 Å². The smallest absolute Gasteiger partial charge is 0.264 e. The Kier molecular flexibility index (Phi) is 5.86. The maximum absolute atomic E-state index is 12.9. The minimum atomic E-state index is -0.962. The van der Waals surface area contributed by atoms with E-state index in [1.54, 1.807) is 14.0 Å². The normalized spacial score (nSPS) is 22.1. The molecule has 1 heterocycles. The highest BCUT2D eigenvalue weighted by atomic mass is 16.3. The SMILES string of the molecule is CN1C(=O)C(C(=O)Nc2ccc(C3CCCCC3)cc2)=C(O)C1(C)Cc1ccccc1. The lowest BCUT2D eigenvalue weighted by atomic mass is 9.84. The highest BCUT2D eigenvalue weighted by Gasteiger charge is 2.49. The van der Waals surface area contributed by atoms with E-state index in [2.05, 4.69) is 17.4 Å². The van der Waals surface area contributed by atoms with Gasteiger partial charge in [0.05, 0.1) is 0 Å². The Morgan fingerprint density at radius 1 is 1.06 bits per heavy atom. The summed E-state index contributed by atoms with van der Waals surface area (Å²) >= 11 is 0. The summed E-state index contributed by atoms with van der Waals surface area (Å²) in [6.45, 7) is 1.78. The van der Waals surface area contributed by atoms with Crippen LogP contribution in [-0.2, 0) is 16.0 Å². The molecule has 5 heteroatoms. The minimum absolute atomic E-state index is 0.180. The van der Waals surface area contributed by atoms with Crippen LogP contribution in [0, 0.1) is 0 Å². The molecular weight excluding hydrogens is 388 g/mol. The molecule has 2 aliphatic rings. The lowest BCUT2D eigenvalue weighted by Crippen LogP contribution is -2.45. The minimum Gasteiger partial charge on any atom is -0.509 e. The van der Waals surface area contributed by atoms with Crippen molar-refractivity contribution in [1.82, 2.24) is 4.90 Å². The molecule has 2 N–H and O–H groups in total. The summed E-state index contributed by atoms with van der Waals surface area (Å²) in [7, 11) is 1.63. The number of carbonyl (C=O) groups excluding carboxylic acids is 2. The monoisotopic (exact) mass is 418 g/mol. The van der Waals surface area contributed by atoms with Crippen LogP contribution in [-0.4, -0.2) is 34.4 Å². The van der Waals surface area contributed by atoms with Crippen molar-refractivity contribution >= 4 is 17.5 Å². The van der Waals surface area contributed by atoms with Gasteiger partial charge in [0.2, 0.25) is 0 Å². The first-order chi connectivity index (χ1) is 14.9. The molecule has 0 bridgehead atoms. The zero-order chi connectivity index (χ0) is 22.0. The molecule has 1 unspecified atom stereocenters. The van der Waals surface area contributed by atoms with Gasteiger partial charge < -0.3 is 15.3 Å². The predicted octanol–water partition coefficient (Wildman–Crippen LogP) is 4.96. The van der Waals surface area contributed by atoms with Crippen molar-refractivity contribution in [1.29, 1.82) is 0 Å². The van der Waals surface area contributed by atoms with Gasteiger partial charge in [-0.15, -0.1) is 0 Å². The second-order valence-corrected chi connectivity index (χ2v) is 8.94. The third-order valence-corrected chi connectivity index (χ3v) is 6.87. The number of likely N-dealkylation sites (N-methyl/N-ethyl adjacent to an activating group) is 1. The summed E-state index contributed by atoms with van der Waals surface area (Å²) in [6.07, 6.45) is 6.71. The average molecular weight is 419 g/mol. The molecule has 5 nitrogen and oxygen atoms in total. The van der Waals surface area contributed by atoms with Crippen LogP contribution in [0.1, 0.15) is 56.1 Å². The number of anilines is 1. The first kappa shape index (κ1) is 21.2. The molecule has 1 atom stereocenters. The van der Waals surface area contributed by atoms with E-state index in [1.165, 1.54) is 42.6 Å². The summed E-state index contributed by atoms with van der Waals surface area (Å²) in [5, 5.41) is 13.7. The molecule has 4 rings (SSSR count). The van der Waals surface area contributed by atoms with Crippen LogP contribution in [0.5, 0.6) is 0 Å². The number of benzene rings is 2. The summed E-state index contributed by atoms with van der Waals surface area (Å²) in [5.41, 5.74) is 1.76. The van der Waals surface area contributed by atoms with Gasteiger partial charge in [-0.3, -0.25) is 9.59 Å². The average Bonchev–Trinajstić information content (AvgIpc) is 2.95. The molecule has 0 saturated heterocycles. The van der Waals surface area contributed by atoms with Gasteiger partial charge in [-0.2, -0.15) is 0 Å². The van der Waals surface area contributed by atoms with Gasteiger partial charge in [0.1, 0.15) is 16.9 Å². The number of amides is 2. The predicted molar refractivity (Wildman–Crippen MR) is 122 cm³/mol. The van der Waals surface area contributed by atoms with Gasteiger partial charge in [-0.25, -0.2) is 0 Å². The number of carbonyl (C=O) groups is 2. The molecule has 1 aliphatic heterocycles. The summed E-state index contributed by atoms with van der Waals surface area (Å²) in [4.78, 5) is 27.2. The standard InChI is InChI=1S/C26H30N2O3/c1-26(17-18-9-5-3-6-10-18)23(29)22(25(31)28(26)2)24(30)27-21-15-13-20(14-16-21)19-11-7-4-8-12-19/h3,5-6,9-10,13-16,19,29H,4,7-8,11-12,17H2,1-2H3,(H,27,30). The second kappa shape index (κ2) is 8.58. The van der Waals surface area contributed by atoms with Crippen LogP contribution in [0.4, 0.5) is 5.69 Å². The van der Waals surface area contributed by atoms with Crippen LogP contribution in [0.2, 0.25) is 0 Å². The van der Waals surface area contributed by atoms with Crippen LogP contribution < -0.4 is 5.32 Å². The Labute approximate surface area is 183 Å². The molecule has 2 aromatic carbocycles. The van der Waals surface area contributed by atoms with E-state index in [4.69, 9.17) is 0 Å². The van der Waals surface area contributed by atoms with E-state index in [0.29, 0.717) is 18.0 Å². The fourth-order valence-corrected chi connectivity index (χ4v) is 4.79. The Morgan fingerprint density at radius 2 is 1.71 bits per heavy atom. The zero-order valence-electron chi connectivity index (χ0n) is 18.2. The fourth-order valence-electron chi connectivity index (χ4n) is 4.79. The molecule has 1 aliphatic carbocycles. The first-order valence-corrected chi connectivity index (χ1v) is 11.1. The summed E-state index contributed by atoms with van der Waals surface area (Å²) < 4.78 is 0. The molecular formula is C26H30N2O3. The Morgan fingerprint density at radius 3 is 2.35 bits per heavy atom. The highest BCUT2D eigenvalue weighted by Crippen LogP contribution is 2.36. The maximum Gasteiger partial charge on any atom is 0.264 e. The van der Waals surface area contributed by atoms with E-state index >= 15 is 0 Å². The fraction of sp³-hybridized carbons (Fsp3) is 0.385. The Bertz CT molecular complexity index is 991. The van der Waals surface area contributed by atoms with Crippen molar-refractivity contribution in [3.8, 4) is 0 Å². The Hall–Kier alpha value is -3.08. The zero-order valence-corrected chi connectivity index (χ0v) is 18.2. The number of nitrogens with one attached hydrogen (secondary N) is 1. The van der Waals surface area contributed by atoms with E-state index in [9.17, 15) is 14.7 Å². The largest absolute Gasteiger partial charge is 0.509 e. The third kappa shape index (κ3) is 4.09. The molecule has 31 heavy (non-hydrogen) atoms. The van der Waals surface area contributed by atoms with Gasteiger partial charge in [0.25, 0.3) is 11.8 Å². The molecule has 0 spiro atoms. The Balaban J connectivity index is 1.51. The molecule has 162 valence electrons. The van der Waals surface area contributed by atoms with Gasteiger partial charge in [-0.1, -0.05) is 61.7 Å². The number of hydrogen-bond acceptors (Lipinski definition) is 3. The van der Waals surface area contributed by atoms with E-state index in [-0.39, 0.29) is 11.3 Å². The number of aliphatic hydroxyl groups is 1. The van der Waals surface area contributed by atoms with Crippen molar-refractivity contribution in [2.24, 2.45) is 0 Å². The van der Waals surface area contributed by atoms with E-state index < -0.39 is 17.4 Å². The number of rotatable bonds is 5. The van der Waals surface area contributed by atoms with Crippen LogP contribution in [0.15, 0.2) is 65.9 Å². The lowest BCUT2D eigenvalue weighted by Gasteiger charge is -2.32. The van der Waals surface area contributed by atoms with Crippen molar-refractivity contribution in [3.05, 3.63) is 77.1 Å². The number of aliphatic hydroxyl groups excluding tert-OH is 1. The molecule has 1 fully saturated rings. The quantitative estimate of drug-likeness (QED) is 0.675. The topological polar surface area (TPSA) is 69.6 Å². The summed E-state index contributed by atoms with van der Waals surface area (Å²) in [5.74, 6) is -0.627.